The first-order valence-electron chi connectivity index (χ1n) is 10.3. The summed E-state index contributed by atoms with van der Waals surface area (Å²) in [6, 6.07) is 18.9. The molecule has 0 unspecified atom stereocenters. The minimum atomic E-state index is -0.351. The van der Waals surface area contributed by atoms with E-state index in [1.54, 1.807) is 43.3 Å². The zero-order valence-electron chi connectivity index (χ0n) is 17.7. The van der Waals surface area contributed by atoms with Crippen molar-refractivity contribution in [3.05, 3.63) is 93.9 Å². The molecular formula is C26H24N2O3. The lowest BCUT2D eigenvalue weighted by molar-refractivity contribution is 0.0762. The second kappa shape index (κ2) is 8.93. The molecule has 0 radical (unpaired) electrons. The third kappa shape index (κ3) is 4.39. The predicted molar refractivity (Wildman–Crippen MR) is 121 cm³/mol. The van der Waals surface area contributed by atoms with Gasteiger partial charge in [0.15, 0.2) is 0 Å². The Labute approximate surface area is 181 Å². The van der Waals surface area contributed by atoms with Gasteiger partial charge in [-0.15, -0.1) is 0 Å². The molecule has 1 amide bonds. The van der Waals surface area contributed by atoms with Gasteiger partial charge in [0.05, 0.1) is 19.3 Å². The van der Waals surface area contributed by atoms with Gasteiger partial charge in [-0.2, -0.15) is 0 Å². The van der Waals surface area contributed by atoms with Crippen molar-refractivity contribution in [1.29, 1.82) is 0 Å². The van der Waals surface area contributed by atoms with Crippen molar-refractivity contribution in [2.75, 3.05) is 13.7 Å². The molecule has 3 aromatic rings. The SMILES string of the molecule is COc1ccccc1-n1ccc(C)c(C(=O)N(CC#Cc2ccccc2)C2CC2)c1=O. The van der Waals surface area contributed by atoms with Gasteiger partial charge >= 0.3 is 0 Å². The fraction of sp³-hybridized carbons (Fsp3) is 0.231. The Hall–Kier alpha value is -3.78. The van der Waals surface area contributed by atoms with E-state index in [2.05, 4.69) is 11.8 Å². The molecule has 0 bridgehead atoms. The first-order chi connectivity index (χ1) is 15.1. The van der Waals surface area contributed by atoms with Crippen LogP contribution < -0.4 is 10.3 Å². The number of ether oxygens (including phenoxy) is 1. The molecule has 4 rings (SSSR count). The van der Waals surface area contributed by atoms with E-state index in [1.807, 2.05) is 42.5 Å². The maximum absolute atomic E-state index is 13.5. The minimum absolute atomic E-state index is 0.135. The summed E-state index contributed by atoms with van der Waals surface area (Å²) >= 11 is 0. The van der Waals surface area contributed by atoms with E-state index < -0.39 is 0 Å². The monoisotopic (exact) mass is 412 g/mol. The highest BCUT2D eigenvalue weighted by Crippen LogP contribution is 2.28. The highest BCUT2D eigenvalue weighted by molar-refractivity contribution is 5.96. The molecule has 2 aromatic carbocycles. The minimum Gasteiger partial charge on any atom is -0.495 e. The number of hydrogen-bond acceptors (Lipinski definition) is 3. The molecule has 5 nitrogen and oxygen atoms in total. The van der Waals surface area contributed by atoms with E-state index in [9.17, 15) is 9.59 Å². The van der Waals surface area contributed by atoms with Crippen LogP contribution in [0.25, 0.3) is 5.69 Å². The predicted octanol–water partition coefficient (Wildman–Crippen LogP) is 3.81. The van der Waals surface area contributed by atoms with Gasteiger partial charge in [-0.25, -0.2) is 0 Å². The normalized spacial score (nSPS) is 12.6. The Morgan fingerprint density at radius 2 is 1.81 bits per heavy atom. The second-order valence-electron chi connectivity index (χ2n) is 7.55. The second-order valence-corrected chi connectivity index (χ2v) is 7.55. The average molecular weight is 412 g/mol. The molecule has 0 saturated heterocycles. The molecule has 0 atom stereocenters. The lowest BCUT2D eigenvalue weighted by Gasteiger charge is -2.21. The fourth-order valence-electron chi connectivity index (χ4n) is 3.55. The van der Waals surface area contributed by atoms with Crippen LogP contribution in [0.5, 0.6) is 5.75 Å². The first kappa shape index (κ1) is 20.5. The molecule has 1 aliphatic carbocycles. The van der Waals surface area contributed by atoms with Crippen LogP contribution in [0.3, 0.4) is 0 Å². The zero-order chi connectivity index (χ0) is 21.8. The van der Waals surface area contributed by atoms with Crippen molar-refractivity contribution in [2.45, 2.75) is 25.8 Å². The van der Waals surface area contributed by atoms with E-state index in [-0.39, 0.29) is 23.1 Å². The first-order valence-corrected chi connectivity index (χ1v) is 10.3. The smallest absolute Gasteiger partial charge is 0.268 e. The summed E-state index contributed by atoms with van der Waals surface area (Å²) in [6.07, 6.45) is 3.56. The van der Waals surface area contributed by atoms with Gasteiger partial charge in [0.2, 0.25) is 0 Å². The highest BCUT2D eigenvalue weighted by Gasteiger charge is 2.34. The van der Waals surface area contributed by atoms with Crippen molar-refractivity contribution in [1.82, 2.24) is 9.47 Å². The number of carbonyl (C=O) groups is 1. The summed E-state index contributed by atoms with van der Waals surface area (Å²) in [5.74, 6) is 6.51. The van der Waals surface area contributed by atoms with Crippen LogP contribution in [0.15, 0.2) is 71.7 Å². The van der Waals surface area contributed by atoms with Crippen LogP contribution in [0.1, 0.15) is 34.3 Å². The molecule has 31 heavy (non-hydrogen) atoms. The van der Waals surface area contributed by atoms with Crippen molar-refractivity contribution in [3.63, 3.8) is 0 Å². The molecule has 1 saturated carbocycles. The quantitative estimate of drug-likeness (QED) is 0.599. The molecular weight excluding hydrogens is 388 g/mol. The Morgan fingerprint density at radius 3 is 2.52 bits per heavy atom. The van der Waals surface area contributed by atoms with E-state index in [1.165, 1.54) is 4.57 Å². The molecule has 1 aromatic heterocycles. The van der Waals surface area contributed by atoms with E-state index in [4.69, 9.17) is 4.74 Å². The summed E-state index contributed by atoms with van der Waals surface area (Å²) < 4.78 is 6.87. The number of methoxy groups -OCH3 is 1. The number of hydrogen-bond donors (Lipinski definition) is 0. The van der Waals surface area contributed by atoms with Crippen molar-refractivity contribution in [3.8, 4) is 23.3 Å². The van der Waals surface area contributed by atoms with E-state index in [0.29, 0.717) is 23.5 Å². The summed E-state index contributed by atoms with van der Waals surface area (Å²) in [5, 5.41) is 0. The van der Waals surface area contributed by atoms with Gasteiger partial charge in [0.1, 0.15) is 11.3 Å². The van der Waals surface area contributed by atoms with Crippen LogP contribution >= 0.6 is 0 Å². The number of para-hydroxylation sites is 2. The molecule has 0 spiro atoms. The van der Waals surface area contributed by atoms with Crippen molar-refractivity contribution < 1.29 is 9.53 Å². The standard InChI is InChI=1S/C26H24N2O3/c1-19-16-18-28(22-12-6-7-13-23(22)31-2)26(30)24(19)25(29)27(21-14-15-21)17-8-11-20-9-4-3-5-10-20/h3-7,9-10,12-13,16,18,21H,14-15,17H2,1-2H3. The Bertz CT molecular complexity index is 1210. The van der Waals surface area contributed by atoms with Gasteiger partial charge in [-0.05, 0) is 55.7 Å². The third-order valence-corrected chi connectivity index (χ3v) is 5.36. The average Bonchev–Trinajstić information content (AvgIpc) is 3.63. The number of rotatable bonds is 5. The molecule has 5 heteroatoms. The molecule has 1 heterocycles. The number of carbonyl (C=O) groups excluding carboxylic acids is 1. The molecule has 1 fully saturated rings. The van der Waals surface area contributed by atoms with Crippen LogP contribution in [0.2, 0.25) is 0 Å². The van der Waals surface area contributed by atoms with E-state index >= 15 is 0 Å². The number of aryl methyl sites for hydroxylation is 1. The van der Waals surface area contributed by atoms with Crippen molar-refractivity contribution >= 4 is 5.91 Å². The number of aromatic nitrogens is 1. The Balaban J connectivity index is 1.68. The highest BCUT2D eigenvalue weighted by atomic mass is 16.5. The molecule has 0 N–H and O–H groups in total. The molecule has 156 valence electrons. The van der Waals surface area contributed by atoms with Gasteiger partial charge < -0.3 is 9.64 Å². The number of pyridine rings is 1. The maximum atomic E-state index is 13.5. The van der Waals surface area contributed by atoms with E-state index in [0.717, 1.165) is 18.4 Å². The topological polar surface area (TPSA) is 51.5 Å². The zero-order valence-corrected chi connectivity index (χ0v) is 17.7. The lowest BCUT2D eigenvalue weighted by Crippen LogP contribution is -2.39. The maximum Gasteiger partial charge on any atom is 0.268 e. The summed E-state index contributed by atoms with van der Waals surface area (Å²) in [4.78, 5) is 28.6. The molecule has 0 aliphatic heterocycles. The summed E-state index contributed by atoms with van der Waals surface area (Å²) in [5.41, 5.74) is 1.99. The van der Waals surface area contributed by atoms with Crippen LogP contribution in [-0.4, -0.2) is 35.1 Å². The molecule has 1 aliphatic rings. The van der Waals surface area contributed by atoms with Gasteiger partial charge in [0.25, 0.3) is 11.5 Å². The fourth-order valence-corrected chi connectivity index (χ4v) is 3.55. The largest absolute Gasteiger partial charge is 0.495 e. The van der Waals surface area contributed by atoms with Crippen LogP contribution in [0, 0.1) is 18.8 Å². The van der Waals surface area contributed by atoms with Gasteiger partial charge in [-0.1, -0.05) is 42.2 Å². The number of amides is 1. The van der Waals surface area contributed by atoms with Gasteiger partial charge in [-0.3, -0.25) is 14.2 Å². The van der Waals surface area contributed by atoms with Gasteiger partial charge in [0, 0.05) is 17.8 Å². The number of benzene rings is 2. The lowest BCUT2D eigenvalue weighted by atomic mass is 10.1. The Morgan fingerprint density at radius 1 is 1.10 bits per heavy atom. The summed E-state index contributed by atoms with van der Waals surface area (Å²) in [6.45, 7) is 2.09. The van der Waals surface area contributed by atoms with Crippen LogP contribution in [0.4, 0.5) is 0 Å². The third-order valence-electron chi connectivity index (χ3n) is 5.36. The number of nitrogens with zero attached hydrogens (tertiary/aromatic N) is 2. The van der Waals surface area contributed by atoms with Crippen molar-refractivity contribution in [2.24, 2.45) is 0 Å². The Kier molecular flexibility index (Phi) is 5.90. The summed E-state index contributed by atoms with van der Waals surface area (Å²) in [7, 11) is 1.56. The van der Waals surface area contributed by atoms with Crippen LogP contribution in [-0.2, 0) is 0 Å².